The minimum atomic E-state index is -0.742. The van der Waals surface area contributed by atoms with Gasteiger partial charge in [-0.05, 0) is 53.6 Å². The molecule has 4 heteroatoms. The number of carbonyl (C=O) groups excluding carboxylic acids is 1. The maximum absolute atomic E-state index is 13.5. The number of primary amides is 1. The summed E-state index contributed by atoms with van der Waals surface area (Å²) in [6.45, 7) is 4.22. The highest BCUT2D eigenvalue weighted by atomic mass is 19.1. The number of fused-ring (bicyclic) bond motifs is 1. The highest BCUT2D eigenvalue weighted by Crippen LogP contribution is 2.52. The lowest BCUT2D eigenvalue weighted by Gasteiger charge is -2.32. The van der Waals surface area contributed by atoms with Crippen molar-refractivity contribution in [1.29, 1.82) is 0 Å². The quantitative estimate of drug-likeness (QED) is 0.860. The van der Waals surface area contributed by atoms with Crippen molar-refractivity contribution in [2.24, 2.45) is 11.1 Å². The first-order valence-electron chi connectivity index (χ1n) is 8.34. The van der Waals surface area contributed by atoms with Crippen LogP contribution < -0.4 is 5.73 Å². The van der Waals surface area contributed by atoms with Crippen molar-refractivity contribution >= 4 is 6.09 Å². The van der Waals surface area contributed by atoms with Crippen molar-refractivity contribution in [3.8, 4) is 11.1 Å². The Kier molecular flexibility index (Phi) is 4.31. The molecule has 0 aromatic heterocycles. The van der Waals surface area contributed by atoms with Gasteiger partial charge in [0, 0.05) is 5.41 Å². The van der Waals surface area contributed by atoms with Crippen LogP contribution in [0.4, 0.5) is 9.18 Å². The van der Waals surface area contributed by atoms with Crippen LogP contribution in [0.15, 0.2) is 42.5 Å². The van der Waals surface area contributed by atoms with Gasteiger partial charge < -0.3 is 10.5 Å². The van der Waals surface area contributed by atoms with Crippen LogP contribution in [-0.4, -0.2) is 6.09 Å². The molecule has 2 aromatic carbocycles. The molecular weight excluding hydrogens is 305 g/mol. The third-order valence-electron chi connectivity index (χ3n) is 5.32. The van der Waals surface area contributed by atoms with Crippen LogP contribution in [0, 0.1) is 11.2 Å². The monoisotopic (exact) mass is 327 g/mol. The third-order valence-corrected chi connectivity index (χ3v) is 5.32. The summed E-state index contributed by atoms with van der Waals surface area (Å²) in [6, 6.07) is 12.6. The second-order valence-corrected chi connectivity index (χ2v) is 6.49. The summed E-state index contributed by atoms with van der Waals surface area (Å²) >= 11 is 0. The predicted octanol–water partition coefficient (Wildman–Crippen LogP) is 4.99. The number of nitrogens with two attached hydrogens (primary N) is 1. The van der Waals surface area contributed by atoms with Crippen molar-refractivity contribution in [2.45, 2.75) is 39.2 Å². The van der Waals surface area contributed by atoms with E-state index in [1.165, 1.54) is 12.1 Å². The first-order chi connectivity index (χ1) is 11.5. The molecule has 0 spiro atoms. The molecule has 0 radical (unpaired) electrons. The Balaban J connectivity index is 2.04. The van der Waals surface area contributed by atoms with Crippen molar-refractivity contribution < 1.29 is 13.9 Å². The second-order valence-electron chi connectivity index (χ2n) is 6.49. The molecule has 3 rings (SSSR count). The summed E-state index contributed by atoms with van der Waals surface area (Å²) in [5.74, 6) is -0.251. The molecular formula is C20H22FNO2. The Morgan fingerprint density at radius 1 is 1.21 bits per heavy atom. The van der Waals surface area contributed by atoms with E-state index in [1.807, 2.05) is 18.2 Å². The molecule has 0 saturated heterocycles. The van der Waals surface area contributed by atoms with Crippen LogP contribution in [0.2, 0.25) is 0 Å². The van der Waals surface area contributed by atoms with E-state index in [0.29, 0.717) is 0 Å². The van der Waals surface area contributed by atoms with E-state index >= 15 is 0 Å². The fourth-order valence-electron chi connectivity index (χ4n) is 3.84. The van der Waals surface area contributed by atoms with Crippen molar-refractivity contribution in [3.63, 3.8) is 0 Å². The van der Waals surface area contributed by atoms with Crippen LogP contribution in [0.3, 0.4) is 0 Å². The van der Waals surface area contributed by atoms with Gasteiger partial charge in [0.25, 0.3) is 0 Å². The van der Waals surface area contributed by atoms with Crippen LogP contribution >= 0.6 is 0 Å². The third kappa shape index (κ3) is 2.77. The molecule has 0 bridgehead atoms. The van der Waals surface area contributed by atoms with E-state index in [1.54, 1.807) is 6.07 Å². The fraction of sp³-hybridized carbons (Fsp3) is 0.350. The summed E-state index contributed by atoms with van der Waals surface area (Å²) in [4.78, 5) is 11.4. The van der Waals surface area contributed by atoms with Gasteiger partial charge in [-0.15, -0.1) is 0 Å². The highest BCUT2D eigenvalue weighted by Gasteiger charge is 2.46. The molecule has 2 N–H and O–H groups in total. The average molecular weight is 327 g/mol. The van der Waals surface area contributed by atoms with E-state index in [0.717, 1.165) is 41.5 Å². The van der Waals surface area contributed by atoms with E-state index in [9.17, 15) is 9.18 Å². The molecule has 1 atom stereocenters. The first-order valence-corrected chi connectivity index (χ1v) is 8.34. The normalized spacial score (nSPS) is 18.2. The Hall–Kier alpha value is -2.36. The number of benzene rings is 2. The maximum Gasteiger partial charge on any atom is 0.405 e. The second kappa shape index (κ2) is 6.27. The molecule has 1 aliphatic rings. The number of halogens is 1. The number of hydrogen-bond acceptors (Lipinski definition) is 2. The van der Waals surface area contributed by atoms with Gasteiger partial charge in [-0.2, -0.15) is 0 Å². The topological polar surface area (TPSA) is 52.3 Å². The fourth-order valence-corrected chi connectivity index (χ4v) is 3.84. The summed E-state index contributed by atoms with van der Waals surface area (Å²) in [6.07, 6.45) is 1.56. The zero-order valence-corrected chi connectivity index (χ0v) is 14.0. The van der Waals surface area contributed by atoms with Crippen LogP contribution in [0.1, 0.15) is 43.9 Å². The van der Waals surface area contributed by atoms with Gasteiger partial charge in [-0.25, -0.2) is 9.18 Å². The van der Waals surface area contributed by atoms with Gasteiger partial charge in [-0.1, -0.05) is 44.2 Å². The zero-order valence-electron chi connectivity index (χ0n) is 14.0. The number of ether oxygens (including phenoxy) is 1. The Bertz CT molecular complexity index is 768. The average Bonchev–Trinajstić information content (AvgIpc) is 2.88. The molecule has 3 nitrogen and oxygen atoms in total. The smallest absolute Gasteiger partial charge is 0.405 e. The van der Waals surface area contributed by atoms with Gasteiger partial charge in [0.05, 0.1) is 0 Å². The zero-order chi connectivity index (χ0) is 17.3. The minimum Gasteiger partial charge on any atom is -0.441 e. The van der Waals surface area contributed by atoms with Crippen LogP contribution in [0.5, 0.6) is 0 Å². The van der Waals surface area contributed by atoms with Gasteiger partial charge >= 0.3 is 6.09 Å². The SMILES string of the molecule is CCC1(CC)Cc2cc(-c3cccc(F)c3)ccc2C1OC(N)=O. The van der Waals surface area contributed by atoms with Gasteiger partial charge in [0.15, 0.2) is 0 Å². The summed E-state index contributed by atoms with van der Waals surface area (Å²) in [7, 11) is 0. The van der Waals surface area contributed by atoms with Crippen molar-refractivity contribution in [2.75, 3.05) is 0 Å². The number of hydrogen-bond donors (Lipinski definition) is 1. The van der Waals surface area contributed by atoms with E-state index in [2.05, 4.69) is 19.9 Å². The van der Waals surface area contributed by atoms with Crippen LogP contribution in [-0.2, 0) is 11.2 Å². The Morgan fingerprint density at radius 2 is 1.92 bits per heavy atom. The molecule has 0 aliphatic heterocycles. The molecule has 126 valence electrons. The summed E-state index contributed by atoms with van der Waals surface area (Å²) in [5.41, 5.74) is 9.13. The standard InChI is InChI=1S/C20H22FNO2/c1-3-20(4-2)12-15-10-14(13-6-5-7-16(21)11-13)8-9-17(15)18(20)24-19(22)23/h5-11,18H,3-4,12H2,1-2H3,(H2,22,23). The summed E-state index contributed by atoms with van der Waals surface area (Å²) < 4.78 is 19.0. The van der Waals surface area contributed by atoms with Crippen molar-refractivity contribution in [1.82, 2.24) is 0 Å². The van der Waals surface area contributed by atoms with E-state index in [-0.39, 0.29) is 17.3 Å². The number of amides is 1. The molecule has 24 heavy (non-hydrogen) atoms. The molecule has 2 aromatic rings. The number of carbonyl (C=O) groups is 1. The van der Waals surface area contributed by atoms with Gasteiger partial charge in [0.2, 0.25) is 0 Å². The highest BCUT2D eigenvalue weighted by molar-refractivity contribution is 5.67. The minimum absolute atomic E-state index is 0.127. The van der Waals surface area contributed by atoms with E-state index < -0.39 is 6.09 Å². The maximum atomic E-state index is 13.5. The number of rotatable bonds is 4. The molecule has 0 saturated carbocycles. The molecule has 0 fully saturated rings. The van der Waals surface area contributed by atoms with Crippen LogP contribution in [0.25, 0.3) is 11.1 Å². The van der Waals surface area contributed by atoms with Gasteiger partial charge in [0.1, 0.15) is 11.9 Å². The van der Waals surface area contributed by atoms with Gasteiger partial charge in [-0.3, -0.25) is 0 Å². The van der Waals surface area contributed by atoms with Crippen molar-refractivity contribution in [3.05, 3.63) is 59.4 Å². The Labute approximate surface area is 141 Å². The largest absolute Gasteiger partial charge is 0.441 e. The lowest BCUT2D eigenvalue weighted by molar-refractivity contribution is 0.0140. The molecule has 0 heterocycles. The molecule has 1 unspecified atom stereocenters. The van der Waals surface area contributed by atoms with E-state index in [4.69, 9.17) is 10.5 Å². The molecule has 1 amide bonds. The first kappa shape index (κ1) is 16.5. The lowest BCUT2D eigenvalue weighted by atomic mass is 9.77. The Morgan fingerprint density at radius 3 is 2.54 bits per heavy atom. The predicted molar refractivity (Wildman–Crippen MR) is 92.0 cm³/mol. The lowest BCUT2D eigenvalue weighted by Crippen LogP contribution is -2.30. The summed E-state index contributed by atoms with van der Waals surface area (Å²) in [5, 5.41) is 0. The molecule has 1 aliphatic carbocycles.